The highest BCUT2D eigenvalue weighted by Crippen LogP contribution is 2.27. The van der Waals surface area contributed by atoms with Crippen molar-refractivity contribution in [1.82, 2.24) is 4.90 Å². The molecular formula is C12H25NO. The first-order valence-corrected chi connectivity index (χ1v) is 6.15. The van der Waals surface area contributed by atoms with Crippen LogP contribution in [0, 0.1) is 0 Å². The Kier molecular flexibility index (Phi) is 4.90. The van der Waals surface area contributed by atoms with Gasteiger partial charge in [0.2, 0.25) is 0 Å². The number of rotatable bonds is 4. The van der Waals surface area contributed by atoms with Crippen molar-refractivity contribution in [3.05, 3.63) is 0 Å². The lowest BCUT2D eigenvalue weighted by Gasteiger charge is -2.26. The van der Waals surface area contributed by atoms with E-state index in [0.717, 1.165) is 38.8 Å². The highest BCUT2D eigenvalue weighted by atomic mass is 16.3. The second-order valence-electron chi connectivity index (χ2n) is 4.62. The Bertz CT molecular complexity index is 160. The molecule has 0 amide bonds. The molecule has 2 nitrogen and oxygen atoms in total. The first kappa shape index (κ1) is 12.0. The van der Waals surface area contributed by atoms with Gasteiger partial charge in [0, 0.05) is 6.54 Å². The van der Waals surface area contributed by atoms with Crippen LogP contribution in [0.15, 0.2) is 0 Å². The van der Waals surface area contributed by atoms with E-state index in [4.69, 9.17) is 0 Å². The lowest BCUT2D eigenvalue weighted by atomic mass is 9.89. The molecule has 0 aromatic carbocycles. The molecular weight excluding hydrogens is 174 g/mol. The highest BCUT2D eigenvalue weighted by molar-refractivity contribution is 4.83. The van der Waals surface area contributed by atoms with Crippen LogP contribution in [0.1, 0.15) is 52.4 Å². The lowest BCUT2D eigenvalue weighted by Crippen LogP contribution is -2.31. The topological polar surface area (TPSA) is 23.5 Å². The predicted molar refractivity (Wildman–Crippen MR) is 60.4 cm³/mol. The summed E-state index contributed by atoms with van der Waals surface area (Å²) in [7, 11) is 0. The van der Waals surface area contributed by atoms with Crippen molar-refractivity contribution in [3.8, 4) is 0 Å². The fraction of sp³-hybridized carbons (Fsp3) is 1.00. The van der Waals surface area contributed by atoms with Crippen molar-refractivity contribution in [2.45, 2.75) is 58.0 Å². The summed E-state index contributed by atoms with van der Waals surface area (Å²) in [6.07, 6.45) is 6.50. The van der Waals surface area contributed by atoms with Gasteiger partial charge < -0.3 is 10.0 Å². The number of hydrogen-bond acceptors (Lipinski definition) is 2. The molecule has 1 heterocycles. The van der Waals surface area contributed by atoms with Gasteiger partial charge >= 0.3 is 0 Å². The molecule has 0 spiro atoms. The zero-order valence-corrected chi connectivity index (χ0v) is 9.76. The normalized spacial score (nSPS) is 30.2. The van der Waals surface area contributed by atoms with Gasteiger partial charge in [0.05, 0.1) is 5.60 Å². The maximum Gasteiger partial charge on any atom is 0.0660 e. The smallest absolute Gasteiger partial charge is 0.0660 e. The van der Waals surface area contributed by atoms with Gasteiger partial charge in [-0.15, -0.1) is 0 Å². The minimum absolute atomic E-state index is 0.347. The highest BCUT2D eigenvalue weighted by Gasteiger charge is 2.28. The average molecular weight is 199 g/mol. The Balaban J connectivity index is 2.38. The second-order valence-corrected chi connectivity index (χ2v) is 4.62. The van der Waals surface area contributed by atoms with E-state index >= 15 is 0 Å². The van der Waals surface area contributed by atoms with E-state index in [1.54, 1.807) is 0 Å². The first-order chi connectivity index (χ1) is 6.70. The Morgan fingerprint density at radius 3 is 2.64 bits per heavy atom. The van der Waals surface area contributed by atoms with Gasteiger partial charge in [0.15, 0.2) is 0 Å². The maximum absolute atomic E-state index is 10.4. The van der Waals surface area contributed by atoms with Crippen LogP contribution in [0.2, 0.25) is 0 Å². The molecule has 1 saturated heterocycles. The van der Waals surface area contributed by atoms with E-state index in [9.17, 15) is 5.11 Å². The maximum atomic E-state index is 10.4. The number of unbranched alkanes of at least 4 members (excludes halogenated alkanes) is 1. The SMILES string of the molecule is CCCCC1(O)CCCN(CC)CC1. The quantitative estimate of drug-likeness (QED) is 0.751. The first-order valence-electron chi connectivity index (χ1n) is 6.15. The minimum atomic E-state index is -0.347. The molecule has 0 aromatic rings. The lowest BCUT2D eigenvalue weighted by molar-refractivity contribution is 0.0151. The average Bonchev–Trinajstić information content (AvgIpc) is 2.38. The summed E-state index contributed by atoms with van der Waals surface area (Å²) in [5, 5.41) is 10.4. The van der Waals surface area contributed by atoms with Gasteiger partial charge in [-0.25, -0.2) is 0 Å². The van der Waals surface area contributed by atoms with Crippen LogP contribution >= 0.6 is 0 Å². The Morgan fingerprint density at radius 1 is 1.21 bits per heavy atom. The minimum Gasteiger partial charge on any atom is -0.390 e. The molecule has 0 aromatic heterocycles. The molecule has 0 bridgehead atoms. The Hall–Kier alpha value is -0.0800. The Morgan fingerprint density at radius 2 is 2.00 bits per heavy atom. The van der Waals surface area contributed by atoms with Crippen LogP contribution in [0.4, 0.5) is 0 Å². The van der Waals surface area contributed by atoms with E-state index in [2.05, 4.69) is 18.7 Å². The summed E-state index contributed by atoms with van der Waals surface area (Å²) >= 11 is 0. The zero-order chi connectivity index (χ0) is 10.4. The third-order valence-electron chi connectivity index (χ3n) is 3.45. The van der Waals surface area contributed by atoms with E-state index in [0.29, 0.717) is 0 Å². The number of hydrogen-bond donors (Lipinski definition) is 1. The molecule has 0 radical (unpaired) electrons. The van der Waals surface area contributed by atoms with E-state index in [1.165, 1.54) is 19.4 Å². The molecule has 0 saturated carbocycles. The van der Waals surface area contributed by atoms with Crippen molar-refractivity contribution in [2.24, 2.45) is 0 Å². The number of nitrogens with zero attached hydrogens (tertiary/aromatic N) is 1. The fourth-order valence-corrected chi connectivity index (χ4v) is 2.31. The van der Waals surface area contributed by atoms with Gasteiger partial charge in [-0.05, 0) is 38.8 Å². The van der Waals surface area contributed by atoms with Crippen LogP contribution in [0.25, 0.3) is 0 Å². The molecule has 1 unspecified atom stereocenters. The Labute approximate surface area is 88.3 Å². The van der Waals surface area contributed by atoms with Crippen LogP contribution in [-0.2, 0) is 0 Å². The van der Waals surface area contributed by atoms with Crippen LogP contribution < -0.4 is 0 Å². The third kappa shape index (κ3) is 3.58. The number of likely N-dealkylation sites (tertiary alicyclic amines) is 1. The van der Waals surface area contributed by atoms with Crippen molar-refractivity contribution in [2.75, 3.05) is 19.6 Å². The molecule has 1 N–H and O–H groups in total. The van der Waals surface area contributed by atoms with Crippen molar-refractivity contribution in [3.63, 3.8) is 0 Å². The van der Waals surface area contributed by atoms with Gasteiger partial charge in [0.25, 0.3) is 0 Å². The van der Waals surface area contributed by atoms with E-state index in [1.807, 2.05) is 0 Å². The van der Waals surface area contributed by atoms with Crippen molar-refractivity contribution in [1.29, 1.82) is 0 Å². The second kappa shape index (κ2) is 5.72. The van der Waals surface area contributed by atoms with Crippen molar-refractivity contribution >= 4 is 0 Å². The zero-order valence-electron chi connectivity index (χ0n) is 9.76. The van der Waals surface area contributed by atoms with Gasteiger partial charge in [-0.3, -0.25) is 0 Å². The summed E-state index contributed by atoms with van der Waals surface area (Å²) in [5.41, 5.74) is -0.347. The summed E-state index contributed by atoms with van der Waals surface area (Å²) in [6, 6.07) is 0. The molecule has 0 aliphatic carbocycles. The molecule has 1 aliphatic heterocycles. The largest absolute Gasteiger partial charge is 0.390 e. The van der Waals surface area contributed by atoms with Crippen LogP contribution in [-0.4, -0.2) is 35.2 Å². The van der Waals surface area contributed by atoms with Crippen LogP contribution in [0.3, 0.4) is 0 Å². The monoisotopic (exact) mass is 199 g/mol. The van der Waals surface area contributed by atoms with Crippen LogP contribution in [0.5, 0.6) is 0 Å². The third-order valence-corrected chi connectivity index (χ3v) is 3.45. The van der Waals surface area contributed by atoms with Crippen molar-refractivity contribution < 1.29 is 5.11 Å². The van der Waals surface area contributed by atoms with E-state index in [-0.39, 0.29) is 5.60 Å². The predicted octanol–water partition coefficient (Wildman–Crippen LogP) is 2.41. The molecule has 1 atom stereocenters. The summed E-state index contributed by atoms with van der Waals surface area (Å²) < 4.78 is 0. The molecule has 1 fully saturated rings. The molecule has 84 valence electrons. The van der Waals surface area contributed by atoms with E-state index < -0.39 is 0 Å². The van der Waals surface area contributed by atoms with Gasteiger partial charge in [-0.2, -0.15) is 0 Å². The molecule has 1 aliphatic rings. The summed E-state index contributed by atoms with van der Waals surface area (Å²) in [5.74, 6) is 0. The molecule has 1 rings (SSSR count). The summed E-state index contributed by atoms with van der Waals surface area (Å²) in [4.78, 5) is 2.45. The summed E-state index contributed by atoms with van der Waals surface area (Å²) in [6.45, 7) is 7.78. The number of aliphatic hydroxyl groups is 1. The van der Waals surface area contributed by atoms with Gasteiger partial charge in [-0.1, -0.05) is 26.7 Å². The standard InChI is InChI=1S/C12H25NO/c1-3-5-7-12(14)8-6-10-13(4-2)11-9-12/h14H,3-11H2,1-2H3. The fourth-order valence-electron chi connectivity index (χ4n) is 2.31. The molecule has 14 heavy (non-hydrogen) atoms. The van der Waals surface area contributed by atoms with Gasteiger partial charge in [0.1, 0.15) is 0 Å². The molecule has 2 heteroatoms.